The zero-order chi connectivity index (χ0) is 14.3. The van der Waals surface area contributed by atoms with Crippen molar-refractivity contribution in [2.45, 2.75) is 43.9 Å². The van der Waals surface area contributed by atoms with Crippen LogP contribution in [0, 0.1) is 0 Å². The van der Waals surface area contributed by atoms with E-state index in [-0.39, 0.29) is 4.83 Å². The van der Waals surface area contributed by atoms with Gasteiger partial charge in [-0.1, -0.05) is 60.1 Å². The number of hydrogen-bond acceptors (Lipinski definition) is 2. The minimum Gasteiger partial charge on any atom is -0.493 e. The summed E-state index contributed by atoms with van der Waals surface area (Å²) in [7, 11) is 3.25. The van der Waals surface area contributed by atoms with E-state index in [4.69, 9.17) is 21.1 Å². The smallest absolute Gasteiger partial charge is 0.162 e. The molecule has 2 nitrogen and oxygen atoms in total. The van der Waals surface area contributed by atoms with Crippen molar-refractivity contribution in [3.05, 3.63) is 22.7 Å². The second kappa shape index (κ2) is 8.70. The van der Waals surface area contributed by atoms with Crippen LogP contribution in [0.3, 0.4) is 0 Å². The Morgan fingerprint density at radius 1 is 1.11 bits per heavy atom. The van der Waals surface area contributed by atoms with Gasteiger partial charge < -0.3 is 9.47 Å². The molecule has 19 heavy (non-hydrogen) atoms. The minimum atomic E-state index is 0.261. The van der Waals surface area contributed by atoms with Crippen LogP contribution in [0.1, 0.15) is 49.4 Å². The third-order valence-corrected chi connectivity index (χ3v) is 4.43. The molecule has 4 heteroatoms. The Morgan fingerprint density at radius 3 is 2.32 bits per heavy atom. The highest BCUT2D eigenvalue weighted by Crippen LogP contribution is 2.40. The van der Waals surface area contributed by atoms with Gasteiger partial charge in [-0.15, -0.1) is 0 Å². The second-order valence-electron chi connectivity index (χ2n) is 4.55. The fraction of sp³-hybridized carbons (Fsp3) is 0.600. The molecule has 0 amide bonds. The van der Waals surface area contributed by atoms with Crippen LogP contribution in [0.15, 0.2) is 12.1 Å². The zero-order valence-corrected chi connectivity index (χ0v) is 14.2. The number of methoxy groups -OCH3 is 2. The maximum atomic E-state index is 6.31. The molecule has 108 valence electrons. The molecule has 0 bridgehead atoms. The van der Waals surface area contributed by atoms with Crippen LogP contribution in [0.4, 0.5) is 0 Å². The highest BCUT2D eigenvalue weighted by molar-refractivity contribution is 9.09. The maximum Gasteiger partial charge on any atom is 0.162 e. The monoisotopic (exact) mass is 348 g/mol. The Labute approximate surface area is 129 Å². The summed E-state index contributed by atoms with van der Waals surface area (Å²) >= 11 is 10.0. The van der Waals surface area contributed by atoms with Crippen LogP contribution in [-0.2, 0) is 0 Å². The molecule has 0 aliphatic carbocycles. The molecule has 0 saturated heterocycles. The molecule has 0 fully saturated rings. The summed E-state index contributed by atoms with van der Waals surface area (Å²) in [5, 5.41) is 0.718. The average molecular weight is 350 g/mol. The van der Waals surface area contributed by atoms with E-state index in [2.05, 4.69) is 22.9 Å². The Bertz CT molecular complexity index is 396. The van der Waals surface area contributed by atoms with Gasteiger partial charge in [-0.05, 0) is 18.1 Å². The number of unbranched alkanes of at least 4 members (excludes halogenated alkanes) is 3. The van der Waals surface area contributed by atoms with Gasteiger partial charge in [0.05, 0.1) is 14.2 Å². The summed E-state index contributed by atoms with van der Waals surface area (Å²) in [4.78, 5) is 0.261. The van der Waals surface area contributed by atoms with Gasteiger partial charge in [0.1, 0.15) is 0 Å². The van der Waals surface area contributed by atoms with Crippen LogP contribution >= 0.6 is 27.5 Å². The van der Waals surface area contributed by atoms with Gasteiger partial charge in [0.15, 0.2) is 11.5 Å². The molecule has 0 radical (unpaired) electrons. The van der Waals surface area contributed by atoms with E-state index in [0.717, 1.165) is 22.8 Å². The molecule has 0 heterocycles. The molecule has 0 aliphatic heterocycles. The van der Waals surface area contributed by atoms with Crippen LogP contribution in [0.5, 0.6) is 11.5 Å². The molecule has 0 aliphatic rings. The lowest BCUT2D eigenvalue weighted by atomic mass is 10.0. The SMILES string of the molecule is CCCCCCC(Br)c1cc(OC)c(OC)cc1Cl. The van der Waals surface area contributed by atoms with Gasteiger partial charge in [-0.2, -0.15) is 0 Å². The molecule has 0 aromatic heterocycles. The summed E-state index contributed by atoms with van der Waals surface area (Å²) in [6, 6.07) is 3.77. The molecular formula is C15H22BrClO2. The van der Waals surface area contributed by atoms with E-state index in [1.807, 2.05) is 12.1 Å². The van der Waals surface area contributed by atoms with E-state index < -0.39 is 0 Å². The lowest BCUT2D eigenvalue weighted by Crippen LogP contribution is -1.96. The molecular weight excluding hydrogens is 328 g/mol. The van der Waals surface area contributed by atoms with Crippen molar-refractivity contribution in [1.29, 1.82) is 0 Å². The lowest BCUT2D eigenvalue weighted by Gasteiger charge is -2.15. The summed E-state index contributed by atoms with van der Waals surface area (Å²) in [6.45, 7) is 2.22. The molecule has 1 aromatic carbocycles. The summed E-state index contributed by atoms with van der Waals surface area (Å²) in [5.41, 5.74) is 1.07. The number of ether oxygens (including phenoxy) is 2. The Morgan fingerprint density at radius 2 is 1.74 bits per heavy atom. The molecule has 0 saturated carbocycles. The summed E-state index contributed by atoms with van der Waals surface area (Å²) < 4.78 is 10.6. The number of benzene rings is 1. The molecule has 1 rings (SSSR count). The van der Waals surface area contributed by atoms with E-state index in [1.54, 1.807) is 14.2 Å². The standard InChI is InChI=1S/C15H22BrClO2/c1-4-5-6-7-8-12(16)11-9-14(18-2)15(19-3)10-13(11)17/h9-10,12H,4-8H2,1-3H3. The van der Waals surface area contributed by atoms with Gasteiger partial charge in [-0.25, -0.2) is 0 Å². The molecule has 1 atom stereocenters. The van der Waals surface area contributed by atoms with Crippen molar-refractivity contribution in [2.75, 3.05) is 14.2 Å². The Hall–Kier alpha value is -0.410. The first-order valence-corrected chi connectivity index (χ1v) is 7.98. The number of hydrogen-bond donors (Lipinski definition) is 0. The van der Waals surface area contributed by atoms with Gasteiger partial charge in [0.25, 0.3) is 0 Å². The van der Waals surface area contributed by atoms with E-state index in [9.17, 15) is 0 Å². The second-order valence-corrected chi connectivity index (χ2v) is 6.06. The third kappa shape index (κ3) is 4.88. The fourth-order valence-corrected chi connectivity index (χ4v) is 3.14. The van der Waals surface area contributed by atoms with E-state index >= 15 is 0 Å². The number of rotatable bonds is 8. The molecule has 0 spiro atoms. The first-order valence-electron chi connectivity index (χ1n) is 6.69. The number of halogens is 2. The Kier molecular flexibility index (Phi) is 7.62. The first-order chi connectivity index (χ1) is 9.13. The van der Waals surface area contributed by atoms with Crippen LogP contribution in [0.2, 0.25) is 5.02 Å². The third-order valence-electron chi connectivity index (χ3n) is 3.15. The van der Waals surface area contributed by atoms with Crippen molar-refractivity contribution in [1.82, 2.24) is 0 Å². The quantitative estimate of drug-likeness (QED) is 0.438. The summed E-state index contributed by atoms with van der Waals surface area (Å²) in [6.07, 6.45) is 6.09. The van der Waals surface area contributed by atoms with Gasteiger partial charge in [0, 0.05) is 15.9 Å². The van der Waals surface area contributed by atoms with Gasteiger partial charge in [-0.3, -0.25) is 0 Å². The average Bonchev–Trinajstić information content (AvgIpc) is 2.42. The van der Waals surface area contributed by atoms with E-state index in [0.29, 0.717) is 5.75 Å². The van der Waals surface area contributed by atoms with Crippen molar-refractivity contribution in [2.24, 2.45) is 0 Å². The molecule has 1 aromatic rings. The van der Waals surface area contributed by atoms with Crippen molar-refractivity contribution in [3.8, 4) is 11.5 Å². The highest BCUT2D eigenvalue weighted by atomic mass is 79.9. The largest absolute Gasteiger partial charge is 0.493 e. The van der Waals surface area contributed by atoms with Gasteiger partial charge in [0.2, 0.25) is 0 Å². The van der Waals surface area contributed by atoms with Crippen molar-refractivity contribution < 1.29 is 9.47 Å². The maximum absolute atomic E-state index is 6.31. The highest BCUT2D eigenvalue weighted by Gasteiger charge is 2.15. The van der Waals surface area contributed by atoms with Crippen LogP contribution in [-0.4, -0.2) is 14.2 Å². The van der Waals surface area contributed by atoms with Gasteiger partial charge >= 0.3 is 0 Å². The van der Waals surface area contributed by atoms with Crippen LogP contribution < -0.4 is 9.47 Å². The van der Waals surface area contributed by atoms with E-state index in [1.165, 1.54) is 25.7 Å². The fourth-order valence-electron chi connectivity index (χ4n) is 2.02. The molecule has 0 N–H and O–H groups in total. The van der Waals surface area contributed by atoms with Crippen molar-refractivity contribution in [3.63, 3.8) is 0 Å². The first kappa shape index (κ1) is 16.6. The summed E-state index contributed by atoms with van der Waals surface area (Å²) in [5.74, 6) is 1.39. The predicted molar refractivity (Wildman–Crippen MR) is 85.0 cm³/mol. The number of alkyl halides is 1. The molecule has 1 unspecified atom stereocenters. The zero-order valence-electron chi connectivity index (χ0n) is 11.8. The Balaban J connectivity index is 2.76. The lowest BCUT2D eigenvalue weighted by molar-refractivity contribution is 0.354. The van der Waals surface area contributed by atoms with Crippen LogP contribution in [0.25, 0.3) is 0 Å². The normalized spacial score (nSPS) is 12.3. The van der Waals surface area contributed by atoms with Crippen molar-refractivity contribution >= 4 is 27.5 Å². The topological polar surface area (TPSA) is 18.5 Å². The predicted octanol–water partition coefficient (Wildman–Crippen LogP) is 5.76. The minimum absolute atomic E-state index is 0.261.